The van der Waals surface area contributed by atoms with Gasteiger partial charge in [-0.05, 0) is 38.8 Å². The molecule has 4 N–H and O–H groups in total. The number of aliphatic hydroxyl groups excluding tert-OH is 3. The number of carbonyl (C=O) groups excluding carboxylic acids is 1. The fraction of sp³-hybridized carbons (Fsp3) is 0.773. The van der Waals surface area contributed by atoms with Crippen molar-refractivity contribution in [3.63, 3.8) is 0 Å². The SMILES string of the molecule is C=NC(CO)(C(=O)O)C(O)C(O)CC=CCCCCCCC(=O)CCCCCC. The molecule has 0 heterocycles. The molecule has 3 atom stereocenters. The van der Waals surface area contributed by atoms with Crippen LogP contribution in [0, 0.1) is 0 Å². The van der Waals surface area contributed by atoms with E-state index >= 15 is 0 Å². The molecule has 0 aromatic carbocycles. The van der Waals surface area contributed by atoms with Crippen molar-refractivity contribution < 1.29 is 30.0 Å². The first-order valence-corrected chi connectivity index (χ1v) is 10.7. The highest BCUT2D eigenvalue weighted by molar-refractivity contribution is 5.81. The van der Waals surface area contributed by atoms with E-state index in [1.54, 1.807) is 6.08 Å². The monoisotopic (exact) mass is 413 g/mol. The van der Waals surface area contributed by atoms with Gasteiger partial charge in [0.2, 0.25) is 5.54 Å². The molecule has 29 heavy (non-hydrogen) atoms. The van der Waals surface area contributed by atoms with E-state index in [1.807, 2.05) is 6.08 Å². The Hall–Kier alpha value is -1.57. The minimum Gasteiger partial charge on any atom is -0.479 e. The number of rotatable bonds is 19. The molecular formula is C22H39NO6. The highest BCUT2D eigenvalue weighted by atomic mass is 16.4. The first-order chi connectivity index (χ1) is 13.9. The van der Waals surface area contributed by atoms with E-state index in [9.17, 15) is 24.9 Å². The van der Waals surface area contributed by atoms with Crippen molar-refractivity contribution >= 4 is 18.5 Å². The Morgan fingerprint density at radius 1 is 1.00 bits per heavy atom. The molecule has 0 aliphatic carbocycles. The molecule has 0 saturated heterocycles. The lowest BCUT2D eigenvalue weighted by atomic mass is 9.89. The summed E-state index contributed by atoms with van der Waals surface area (Å²) in [7, 11) is 0. The second-order valence-corrected chi connectivity index (χ2v) is 7.57. The maximum atomic E-state index is 11.7. The molecule has 0 bridgehead atoms. The fourth-order valence-corrected chi connectivity index (χ4v) is 3.11. The van der Waals surface area contributed by atoms with Gasteiger partial charge in [-0.15, -0.1) is 0 Å². The molecule has 0 aromatic rings. The van der Waals surface area contributed by atoms with Crippen molar-refractivity contribution in [1.29, 1.82) is 0 Å². The van der Waals surface area contributed by atoms with E-state index in [-0.39, 0.29) is 6.42 Å². The minimum absolute atomic E-state index is 0.0538. The summed E-state index contributed by atoms with van der Waals surface area (Å²) >= 11 is 0. The number of hydrogen-bond donors (Lipinski definition) is 4. The molecule has 0 aliphatic heterocycles. The fourth-order valence-electron chi connectivity index (χ4n) is 3.11. The van der Waals surface area contributed by atoms with E-state index in [0.717, 1.165) is 44.9 Å². The summed E-state index contributed by atoms with van der Waals surface area (Å²) in [6.07, 6.45) is 11.1. The molecule has 0 saturated carbocycles. The standard InChI is InChI=1S/C22H39NO6/c1-3-4-5-11-14-18(25)15-12-9-7-6-8-10-13-16-19(26)20(27)22(17-24,23-2)21(28)29/h10,13,19-20,24,26-27H,2-9,11-12,14-17H2,1H3,(H,28,29). The molecule has 0 aliphatic rings. The number of unbranched alkanes of at least 4 members (excludes halogenated alkanes) is 7. The predicted octanol–water partition coefficient (Wildman–Crippen LogP) is 3.05. The Labute approximate surface area is 174 Å². The molecule has 0 aromatic heterocycles. The maximum Gasteiger partial charge on any atom is 0.336 e. The van der Waals surface area contributed by atoms with Gasteiger partial charge in [0.05, 0.1) is 12.7 Å². The first-order valence-electron chi connectivity index (χ1n) is 10.7. The van der Waals surface area contributed by atoms with Gasteiger partial charge in [-0.25, -0.2) is 4.79 Å². The number of Topliss-reactive ketones (excluding diaryl/α,β-unsaturated/α-hetero) is 1. The molecule has 0 spiro atoms. The Kier molecular flexibility index (Phi) is 15.4. The van der Waals surface area contributed by atoms with Gasteiger partial charge < -0.3 is 20.4 Å². The molecule has 0 rings (SSSR count). The van der Waals surface area contributed by atoms with Gasteiger partial charge in [0, 0.05) is 12.8 Å². The Balaban J connectivity index is 3.92. The lowest BCUT2D eigenvalue weighted by molar-refractivity contribution is -0.154. The molecule has 0 radical (unpaired) electrons. The van der Waals surface area contributed by atoms with Gasteiger partial charge in [0.15, 0.2) is 0 Å². The zero-order valence-corrected chi connectivity index (χ0v) is 17.8. The smallest absolute Gasteiger partial charge is 0.336 e. The molecule has 0 fully saturated rings. The van der Waals surface area contributed by atoms with Gasteiger partial charge in [-0.2, -0.15) is 0 Å². The van der Waals surface area contributed by atoms with Crippen LogP contribution in [0.2, 0.25) is 0 Å². The highest BCUT2D eigenvalue weighted by Gasteiger charge is 2.47. The van der Waals surface area contributed by atoms with E-state index in [4.69, 9.17) is 5.11 Å². The average molecular weight is 414 g/mol. The van der Waals surface area contributed by atoms with Crippen molar-refractivity contribution in [2.45, 2.75) is 102 Å². The molecular weight excluding hydrogens is 374 g/mol. The summed E-state index contributed by atoms with van der Waals surface area (Å²) in [5, 5.41) is 38.4. The van der Waals surface area contributed by atoms with Crippen LogP contribution in [0.15, 0.2) is 17.1 Å². The predicted molar refractivity (Wildman–Crippen MR) is 114 cm³/mol. The van der Waals surface area contributed by atoms with Crippen LogP contribution in [0.3, 0.4) is 0 Å². The third-order valence-corrected chi connectivity index (χ3v) is 5.18. The number of aliphatic carboxylic acids is 1. The topological polar surface area (TPSA) is 127 Å². The van der Waals surface area contributed by atoms with Crippen molar-refractivity contribution in [3.8, 4) is 0 Å². The van der Waals surface area contributed by atoms with E-state index < -0.39 is 30.3 Å². The summed E-state index contributed by atoms with van der Waals surface area (Å²) in [6, 6.07) is 0. The van der Waals surface area contributed by atoms with Crippen LogP contribution in [0.25, 0.3) is 0 Å². The number of carboxylic acids is 1. The normalized spacial score (nSPS) is 15.7. The van der Waals surface area contributed by atoms with Crippen LogP contribution < -0.4 is 0 Å². The highest BCUT2D eigenvalue weighted by Crippen LogP contribution is 2.21. The number of carbonyl (C=O) groups is 2. The number of nitrogens with zero attached hydrogens (tertiary/aromatic N) is 1. The summed E-state index contributed by atoms with van der Waals surface area (Å²) in [5.41, 5.74) is -2.22. The third-order valence-electron chi connectivity index (χ3n) is 5.18. The van der Waals surface area contributed by atoms with Gasteiger partial charge in [0.25, 0.3) is 0 Å². The molecule has 3 unspecified atom stereocenters. The van der Waals surface area contributed by atoms with Crippen LogP contribution in [0.1, 0.15) is 84.0 Å². The second kappa shape index (κ2) is 16.3. The molecule has 0 amide bonds. The first kappa shape index (κ1) is 27.4. The molecule has 7 heteroatoms. The van der Waals surface area contributed by atoms with Crippen LogP contribution in [-0.2, 0) is 9.59 Å². The Bertz CT molecular complexity index is 508. The van der Waals surface area contributed by atoms with Gasteiger partial charge in [-0.3, -0.25) is 9.79 Å². The molecule has 168 valence electrons. The summed E-state index contributed by atoms with van der Waals surface area (Å²) < 4.78 is 0. The number of hydrogen-bond acceptors (Lipinski definition) is 6. The van der Waals surface area contributed by atoms with Crippen molar-refractivity contribution in [2.75, 3.05) is 6.61 Å². The summed E-state index contributed by atoms with van der Waals surface area (Å²) in [4.78, 5) is 26.3. The van der Waals surface area contributed by atoms with Gasteiger partial charge >= 0.3 is 5.97 Å². The summed E-state index contributed by atoms with van der Waals surface area (Å²) in [6.45, 7) is 4.31. The lowest BCUT2D eigenvalue weighted by Gasteiger charge is -2.30. The quantitative estimate of drug-likeness (QED) is 0.146. The number of allylic oxidation sites excluding steroid dienone is 1. The van der Waals surface area contributed by atoms with Gasteiger partial charge in [-0.1, -0.05) is 51.2 Å². The van der Waals surface area contributed by atoms with Crippen molar-refractivity contribution in [3.05, 3.63) is 12.2 Å². The Morgan fingerprint density at radius 2 is 1.59 bits per heavy atom. The number of aliphatic imine (C=N–C) groups is 1. The molecule has 7 nitrogen and oxygen atoms in total. The van der Waals surface area contributed by atoms with Crippen LogP contribution in [0.5, 0.6) is 0 Å². The van der Waals surface area contributed by atoms with Crippen LogP contribution in [-0.4, -0.2) is 63.2 Å². The van der Waals surface area contributed by atoms with E-state index in [1.165, 1.54) is 12.8 Å². The van der Waals surface area contributed by atoms with Crippen LogP contribution in [0.4, 0.5) is 0 Å². The largest absolute Gasteiger partial charge is 0.479 e. The lowest BCUT2D eigenvalue weighted by Crippen LogP contribution is -2.55. The minimum atomic E-state index is -2.22. The Morgan fingerprint density at radius 3 is 2.10 bits per heavy atom. The number of carboxylic acid groups (broad SMARTS) is 1. The van der Waals surface area contributed by atoms with Gasteiger partial charge in [0.1, 0.15) is 11.9 Å². The average Bonchev–Trinajstić information content (AvgIpc) is 2.70. The zero-order valence-electron chi connectivity index (χ0n) is 17.8. The number of ketones is 1. The van der Waals surface area contributed by atoms with Crippen molar-refractivity contribution in [2.24, 2.45) is 4.99 Å². The third kappa shape index (κ3) is 10.7. The second-order valence-electron chi connectivity index (χ2n) is 7.57. The zero-order chi connectivity index (χ0) is 22.1. The van der Waals surface area contributed by atoms with E-state index in [0.29, 0.717) is 18.6 Å². The maximum absolute atomic E-state index is 11.7. The van der Waals surface area contributed by atoms with Crippen LogP contribution >= 0.6 is 0 Å². The van der Waals surface area contributed by atoms with Crippen molar-refractivity contribution in [1.82, 2.24) is 0 Å². The summed E-state index contributed by atoms with van der Waals surface area (Å²) in [5.74, 6) is -1.17. The van der Waals surface area contributed by atoms with E-state index in [2.05, 4.69) is 18.6 Å². The number of aliphatic hydroxyl groups is 3.